The molecule has 0 bridgehead atoms. The van der Waals surface area contributed by atoms with E-state index in [1.54, 1.807) is 0 Å². The van der Waals surface area contributed by atoms with Gasteiger partial charge in [0.05, 0.1) is 22.3 Å². The number of cyclic esters (lactones) is 4. The largest absolute Gasteiger partial charge is 0.460 e. The summed E-state index contributed by atoms with van der Waals surface area (Å²) in [5.74, 6) is -139. The fourth-order valence-corrected chi connectivity index (χ4v) is 5.92. The van der Waals surface area contributed by atoms with Gasteiger partial charge in [-0.25, -0.2) is 19.2 Å². The fourth-order valence-electron chi connectivity index (χ4n) is 5.92. The van der Waals surface area contributed by atoms with E-state index in [1.165, 1.54) is 0 Å². The highest BCUT2D eigenvalue weighted by Gasteiger charge is 2.97. The van der Waals surface area contributed by atoms with Crippen molar-refractivity contribution in [3.63, 3.8) is 0 Å². The minimum atomic E-state index is -9.41. The molecule has 2 aromatic carbocycles. The first-order valence-corrected chi connectivity index (χ1v) is 16.0. The van der Waals surface area contributed by atoms with E-state index in [1.807, 2.05) is 0 Å². The van der Waals surface area contributed by atoms with Crippen LogP contribution >= 0.6 is 0 Å². The first-order valence-electron chi connectivity index (χ1n) is 16.0. The maximum Gasteiger partial charge on any atom is 0.460 e. The standard InChI is InChI=1S/C30H2F34O6/c31-15(32,17(35,36)19(39,40)21(43,44)23(47,48)25(51,52)27(55,56)29(59,60)61)5-1-3-7-8-4(12(66)70-13(67)9(5)8)2-6(10(7)14(68)69-11(3)65)16(33,34)18(37,38)20(41,42)22(45,46)24(49,50)26(53,54)28(57,58)30(62,63)64/h1-2H. The molecule has 0 atom stereocenters. The third kappa shape index (κ3) is 6.40. The second-order valence-electron chi connectivity index (χ2n) is 13.8. The zero-order valence-electron chi connectivity index (χ0n) is 30.5. The van der Waals surface area contributed by atoms with Gasteiger partial charge in [-0.2, -0.15) is 149 Å². The van der Waals surface area contributed by atoms with Crippen molar-refractivity contribution in [3.05, 3.63) is 45.5 Å². The Bertz CT molecular complexity index is 2400. The molecule has 2 aliphatic rings. The van der Waals surface area contributed by atoms with Crippen LogP contribution in [0.1, 0.15) is 52.6 Å². The lowest BCUT2D eigenvalue weighted by molar-refractivity contribution is -0.462. The van der Waals surface area contributed by atoms with Gasteiger partial charge in [0.1, 0.15) is 0 Å². The summed E-state index contributed by atoms with van der Waals surface area (Å²) in [5.41, 5.74) is -20.1. The third-order valence-electron chi connectivity index (χ3n) is 9.74. The van der Waals surface area contributed by atoms with E-state index in [0.717, 1.165) is 0 Å². The lowest BCUT2D eigenvalue weighted by atomic mass is 9.78. The highest BCUT2D eigenvalue weighted by molar-refractivity contribution is 6.30. The van der Waals surface area contributed by atoms with Crippen LogP contribution in [0, 0.1) is 0 Å². The predicted molar refractivity (Wildman–Crippen MR) is 143 cm³/mol. The number of rotatable bonds is 14. The zero-order chi connectivity index (χ0) is 55.8. The van der Waals surface area contributed by atoms with E-state index in [-0.39, 0.29) is 0 Å². The predicted octanol–water partition coefficient (Wildman–Crippen LogP) is 12.4. The molecule has 4 rings (SSSR count). The van der Waals surface area contributed by atoms with Crippen molar-refractivity contribution in [1.29, 1.82) is 0 Å². The van der Waals surface area contributed by atoms with Gasteiger partial charge in [0, 0.05) is 21.9 Å². The third-order valence-corrected chi connectivity index (χ3v) is 9.74. The van der Waals surface area contributed by atoms with Crippen molar-refractivity contribution in [1.82, 2.24) is 0 Å². The van der Waals surface area contributed by atoms with E-state index in [4.69, 9.17) is 0 Å². The van der Waals surface area contributed by atoms with Crippen LogP contribution in [0.5, 0.6) is 0 Å². The van der Waals surface area contributed by atoms with Crippen LogP contribution in [-0.4, -0.2) is 107 Å². The Morgan fingerprint density at radius 1 is 0.257 bits per heavy atom. The Morgan fingerprint density at radius 3 is 0.643 bits per heavy atom. The number of carbonyl (C=O) groups excluding carboxylic acids is 4. The molecule has 0 fully saturated rings. The molecule has 2 aliphatic heterocycles. The van der Waals surface area contributed by atoms with Crippen LogP contribution in [0.3, 0.4) is 0 Å². The summed E-state index contributed by atoms with van der Waals surface area (Å²) in [7, 11) is 0. The molecule has 0 radical (unpaired) electrons. The molecular weight excluding hydrogens is 1100 g/mol. The Balaban J connectivity index is 2.12. The second kappa shape index (κ2) is 14.6. The summed E-state index contributed by atoms with van der Waals surface area (Å²) in [6.07, 6.45) is -16.5. The summed E-state index contributed by atoms with van der Waals surface area (Å²) >= 11 is 0. The van der Waals surface area contributed by atoms with Crippen LogP contribution in [0.15, 0.2) is 12.1 Å². The minimum Gasteiger partial charge on any atom is -0.386 e. The number of esters is 4. The number of benzene rings is 2. The molecule has 40 heteroatoms. The maximum absolute atomic E-state index is 15.7. The minimum absolute atomic E-state index is 1.67. The molecular formula is C30H2F34O6. The molecule has 0 spiro atoms. The van der Waals surface area contributed by atoms with Gasteiger partial charge in [0.2, 0.25) is 0 Å². The molecule has 0 amide bonds. The van der Waals surface area contributed by atoms with E-state index >= 15 is 35.1 Å². The Morgan fingerprint density at radius 2 is 0.443 bits per heavy atom. The van der Waals surface area contributed by atoms with Gasteiger partial charge in [0.15, 0.2) is 0 Å². The van der Waals surface area contributed by atoms with Crippen LogP contribution in [-0.2, 0) is 21.3 Å². The lowest BCUT2D eigenvalue weighted by Gasteiger charge is -2.43. The van der Waals surface area contributed by atoms with Crippen molar-refractivity contribution in [3.8, 4) is 0 Å². The molecule has 396 valence electrons. The van der Waals surface area contributed by atoms with E-state index in [9.17, 15) is 133 Å². The van der Waals surface area contributed by atoms with Crippen molar-refractivity contribution in [2.45, 2.75) is 95.3 Å². The molecule has 0 aromatic heterocycles. The van der Waals surface area contributed by atoms with Crippen molar-refractivity contribution < 1.29 is 178 Å². The van der Waals surface area contributed by atoms with Crippen molar-refractivity contribution in [2.75, 3.05) is 0 Å². The molecule has 0 N–H and O–H groups in total. The maximum atomic E-state index is 15.7. The van der Waals surface area contributed by atoms with Crippen LogP contribution in [0.25, 0.3) is 10.8 Å². The number of hydrogen-bond acceptors (Lipinski definition) is 6. The van der Waals surface area contributed by atoms with E-state index in [0.29, 0.717) is 0 Å². The highest BCUT2D eigenvalue weighted by atomic mass is 19.4. The normalized spacial score (nSPS) is 17.3. The van der Waals surface area contributed by atoms with Crippen molar-refractivity contribution in [2.24, 2.45) is 0 Å². The van der Waals surface area contributed by atoms with Gasteiger partial charge in [0.25, 0.3) is 0 Å². The average molecular weight is 1100 g/mol. The molecule has 0 saturated carbocycles. The Hall–Kier alpha value is -5.40. The van der Waals surface area contributed by atoms with Gasteiger partial charge in [-0.15, -0.1) is 0 Å². The molecule has 2 aromatic rings. The first kappa shape index (κ1) is 57.2. The molecule has 6 nitrogen and oxygen atoms in total. The summed E-state index contributed by atoms with van der Waals surface area (Å²) in [6.45, 7) is 0. The number of ether oxygens (including phenoxy) is 2. The zero-order valence-corrected chi connectivity index (χ0v) is 30.5. The number of halogens is 34. The van der Waals surface area contributed by atoms with Gasteiger partial charge in [-0.05, 0) is 12.1 Å². The number of alkyl halides is 34. The summed E-state index contributed by atoms with van der Waals surface area (Å²) in [5, 5.41) is -5.53. The highest BCUT2D eigenvalue weighted by Crippen LogP contribution is 2.68. The lowest BCUT2D eigenvalue weighted by Crippen LogP contribution is -2.74. The van der Waals surface area contributed by atoms with E-state index in [2.05, 4.69) is 9.47 Å². The van der Waals surface area contributed by atoms with Gasteiger partial charge in [-0.1, -0.05) is 0 Å². The molecule has 70 heavy (non-hydrogen) atoms. The Kier molecular flexibility index (Phi) is 11.9. The number of carbonyl (C=O) groups is 4. The second-order valence-corrected chi connectivity index (χ2v) is 13.8. The average Bonchev–Trinajstić information content (AvgIpc) is 3.16. The van der Waals surface area contributed by atoms with Crippen molar-refractivity contribution >= 4 is 34.6 Å². The summed E-state index contributed by atoms with van der Waals surface area (Å²) in [4.78, 5) is 50.3. The summed E-state index contributed by atoms with van der Waals surface area (Å²) < 4.78 is 485. The fraction of sp³-hybridized carbons (Fsp3) is 0.533. The van der Waals surface area contributed by atoms with Crippen LogP contribution in [0.2, 0.25) is 0 Å². The number of hydrogen-bond donors (Lipinski definition) is 0. The Labute approximate surface area is 354 Å². The summed E-state index contributed by atoms with van der Waals surface area (Å²) in [6, 6.07) is -3.34. The van der Waals surface area contributed by atoms with Gasteiger partial charge in [-0.3, -0.25) is 0 Å². The first-order chi connectivity index (χ1) is 30.3. The van der Waals surface area contributed by atoms with Gasteiger partial charge >= 0.3 is 119 Å². The molecule has 2 heterocycles. The topological polar surface area (TPSA) is 86.7 Å². The molecule has 0 unspecified atom stereocenters. The van der Waals surface area contributed by atoms with Crippen LogP contribution in [0.4, 0.5) is 149 Å². The smallest absolute Gasteiger partial charge is 0.386 e. The molecule has 0 aliphatic carbocycles. The SMILES string of the molecule is O=C1OC(=O)c2c(C(F)(F)C(F)(F)C(F)(F)C(F)(F)C(F)(F)C(F)(F)C(F)(F)C(F)(F)F)cc3c4c(c(C(F)(F)C(F)(F)C(F)(F)C(F)(F)C(F)(F)C(F)(F)C(F)(F)C(F)(F)F)cc1c24)C(=O)OC3=O. The monoisotopic (exact) mass is 1100 g/mol. The van der Waals surface area contributed by atoms with Crippen LogP contribution < -0.4 is 0 Å². The van der Waals surface area contributed by atoms with E-state index < -0.39 is 175 Å². The van der Waals surface area contributed by atoms with Gasteiger partial charge < -0.3 is 9.47 Å². The quantitative estimate of drug-likeness (QED) is 0.106. The molecule has 0 saturated heterocycles.